The Bertz CT molecular complexity index is 825. The number of hydrogen-bond acceptors (Lipinski definition) is 6. The fraction of sp³-hybridized carbons (Fsp3) is 0.176. The van der Waals surface area contributed by atoms with Gasteiger partial charge in [-0.05, 0) is 45.8 Å². The van der Waals surface area contributed by atoms with Gasteiger partial charge in [0.2, 0.25) is 6.10 Å². The molecule has 0 saturated carbocycles. The van der Waals surface area contributed by atoms with Gasteiger partial charge in [-0.25, -0.2) is 5.43 Å². The SMILES string of the molecule is COc1cc(/C=N/NC(=O)[C@@H]2COc3ccccc3O2)cc(Br)c1O. The monoisotopic (exact) mass is 406 g/mol. The number of nitrogens with zero attached hydrogens (tertiary/aromatic N) is 1. The molecule has 2 aromatic rings. The van der Waals surface area contributed by atoms with Crippen molar-refractivity contribution >= 4 is 28.1 Å². The molecular formula is C17H15BrN2O5. The van der Waals surface area contributed by atoms with E-state index in [1.54, 1.807) is 30.3 Å². The van der Waals surface area contributed by atoms with E-state index in [0.29, 0.717) is 27.3 Å². The second kappa shape index (κ2) is 7.43. The van der Waals surface area contributed by atoms with Crippen LogP contribution in [0.1, 0.15) is 5.56 Å². The van der Waals surface area contributed by atoms with E-state index in [2.05, 4.69) is 26.5 Å². The molecule has 0 bridgehead atoms. The first-order chi connectivity index (χ1) is 12.1. The number of fused-ring (bicyclic) bond motifs is 1. The quantitative estimate of drug-likeness (QED) is 0.601. The van der Waals surface area contributed by atoms with Gasteiger partial charge in [-0.3, -0.25) is 4.79 Å². The van der Waals surface area contributed by atoms with Crippen LogP contribution in [0.25, 0.3) is 0 Å². The summed E-state index contributed by atoms with van der Waals surface area (Å²) in [4.78, 5) is 12.1. The van der Waals surface area contributed by atoms with Crippen LogP contribution in [0.4, 0.5) is 0 Å². The smallest absolute Gasteiger partial charge is 0.284 e. The molecule has 0 aliphatic carbocycles. The van der Waals surface area contributed by atoms with Crippen LogP contribution in [0.3, 0.4) is 0 Å². The fourth-order valence-corrected chi connectivity index (χ4v) is 2.67. The van der Waals surface area contributed by atoms with E-state index in [1.165, 1.54) is 13.3 Å². The van der Waals surface area contributed by atoms with Crippen LogP contribution < -0.4 is 19.6 Å². The number of rotatable bonds is 4. The summed E-state index contributed by atoms with van der Waals surface area (Å²) in [5.74, 6) is 0.995. The van der Waals surface area contributed by atoms with Crippen molar-refractivity contribution in [1.29, 1.82) is 0 Å². The predicted molar refractivity (Wildman–Crippen MR) is 94.4 cm³/mol. The zero-order valence-corrected chi connectivity index (χ0v) is 14.8. The normalized spacial score (nSPS) is 15.8. The van der Waals surface area contributed by atoms with Gasteiger partial charge in [0.05, 0.1) is 17.8 Å². The lowest BCUT2D eigenvalue weighted by Gasteiger charge is -2.24. The second-order valence-electron chi connectivity index (χ2n) is 5.15. The minimum absolute atomic E-state index is 0.00453. The maximum absolute atomic E-state index is 12.1. The van der Waals surface area contributed by atoms with E-state index in [-0.39, 0.29) is 12.4 Å². The maximum Gasteiger partial charge on any atom is 0.284 e. The highest BCUT2D eigenvalue weighted by Crippen LogP contribution is 2.34. The number of phenolic OH excluding ortho intramolecular Hbond substituents is 1. The van der Waals surface area contributed by atoms with E-state index < -0.39 is 12.0 Å². The van der Waals surface area contributed by atoms with Gasteiger partial charge in [-0.2, -0.15) is 5.10 Å². The Kier molecular flexibility index (Phi) is 5.08. The van der Waals surface area contributed by atoms with Crippen molar-refractivity contribution in [3.8, 4) is 23.0 Å². The lowest BCUT2D eigenvalue weighted by molar-refractivity contribution is -0.130. The van der Waals surface area contributed by atoms with Gasteiger partial charge in [0.25, 0.3) is 5.91 Å². The van der Waals surface area contributed by atoms with Gasteiger partial charge in [0.1, 0.15) is 6.61 Å². The molecule has 1 aliphatic rings. The average molecular weight is 407 g/mol. The van der Waals surface area contributed by atoms with Crippen molar-refractivity contribution in [1.82, 2.24) is 5.43 Å². The Balaban J connectivity index is 1.63. The van der Waals surface area contributed by atoms with Gasteiger partial charge >= 0.3 is 0 Å². The third-order valence-corrected chi connectivity index (χ3v) is 4.06. The van der Waals surface area contributed by atoms with Crippen molar-refractivity contribution < 1.29 is 24.1 Å². The first-order valence-electron chi connectivity index (χ1n) is 7.36. The van der Waals surface area contributed by atoms with Crippen molar-refractivity contribution in [2.75, 3.05) is 13.7 Å². The number of hydrogen-bond donors (Lipinski definition) is 2. The summed E-state index contributed by atoms with van der Waals surface area (Å²) < 4.78 is 16.6. The number of ether oxygens (including phenoxy) is 3. The van der Waals surface area contributed by atoms with Crippen LogP contribution >= 0.6 is 15.9 Å². The molecule has 3 rings (SSSR count). The largest absolute Gasteiger partial charge is 0.503 e. The summed E-state index contributed by atoms with van der Waals surface area (Å²) in [5.41, 5.74) is 3.04. The molecular weight excluding hydrogens is 392 g/mol. The summed E-state index contributed by atoms with van der Waals surface area (Å²) in [7, 11) is 1.45. The van der Waals surface area contributed by atoms with Crippen molar-refractivity contribution in [2.24, 2.45) is 5.10 Å². The number of nitrogens with one attached hydrogen (secondary N) is 1. The first kappa shape index (κ1) is 17.1. The molecule has 2 aromatic carbocycles. The zero-order chi connectivity index (χ0) is 17.8. The number of halogens is 1. The molecule has 0 unspecified atom stereocenters. The molecule has 130 valence electrons. The van der Waals surface area contributed by atoms with Gasteiger partial charge in [0, 0.05) is 0 Å². The molecule has 7 nitrogen and oxygen atoms in total. The summed E-state index contributed by atoms with van der Waals surface area (Å²) >= 11 is 3.22. The van der Waals surface area contributed by atoms with Gasteiger partial charge in [-0.15, -0.1) is 0 Å². The topological polar surface area (TPSA) is 89.4 Å². The number of aromatic hydroxyl groups is 1. The predicted octanol–water partition coefficient (Wildman–Crippen LogP) is 2.45. The Hall–Kier alpha value is -2.74. The van der Waals surface area contributed by atoms with E-state index in [4.69, 9.17) is 14.2 Å². The van der Waals surface area contributed by atoms with Crippen molar-refractivity contribution in [3.63, 3.8) is 0 Å². The number of benzene rings is 2. The van der Waals surface area contributed by atoms with E-state index in [0.717, 1.165) is 0 Å². The average Bonchev–Trinajstić information content (AvgIpc) is 2.63. The third-order valence-electron chi connectivity index (χ3n) is 3.46. The number of carbonyl (C=O) groups excluding carboxylic acids is 1. The third kappa shape index (κ3) is 3.85. The fourth-order valence-electron chi connectivity index (χ4n) is 2.22. The first-order valence-corrected chi connectivity index (χ1v) is 8.15. The van der Waals surface area contributed by atoms with Crippen LogP contribution in [0.15, 0.2) is 46.0 Å². The molecule has 0 fully saturated rings. The Morgan fingerprint density at radius 2 is 2.16 bits per heavy atom. The highest BCUT2D eigenvalue weighted by molar-refractivity contribution is 9.10. The van der Waals surface area contributed by atoms with E-state index in [9.17, 15) is 9.90 Å². The number of amides is 1. The molecule has 0 aromatic heterocycles. The number of hydrazone groups is 1. The number of phenols is 1. The van der Waals surface area contributed by atoms with Gasteiger partial charge in [-0.1, -0.05) is 12.1 Å². The summed E-state index contributed by atoms with van der Waals surface area (Å²) in [6.07, 6.45) is 0.649. The molecule has 8 heteroatoms. The van der Waals surface area contributed by atoms with Crippen LogP contribution in [0, 0.1) is 0 Å². The zero-order valence-electron chi connectivity index (χ0n) is 13.2. The Morgan fingerprint density at radius 1 is 1.40 bits per heavy atom. The van der Waals surface area contributed by atoms with Crippen LogP contribution in [0.2, 0.25) is 0 Å². The minimum Gasteiger partial charge on any atom is -0.503 e. The molecule has 25 heavy (non-hydrogen) atoms. The molecule has 1 atom stereocenters. The summed E-state index contributed by atoms with van der Waals surface area (Å²) in [5, 5.41) is 13.7. The Morgan fingerprint density at radius 3 is 2.92 bits per heavy atom. The van der Waals surface area contributed by atoms with Crippen LogP contribution in [0.5, 0.6) is 23.0 Å². The highest BCUT2D eigenvalue weighted by Gasteiger charge is 2.26. The standard InChI is InChI=1S/C17H15BrN2O5/c1-23-14-7-10(6-11(18)16(14)21)8-19-20-17(22)15-9-24-12-4-2-3-5-13(12)25-15/h2-8,15,21H,9H2,1H3,(H,20,22)/b19-8+/t15-/m0/s1. The second-order valence-corrected chi connectivity index (χ2v) is 6.01. The lowest BCUT2D eigenvalue weighted by Crippen LogP contribution is -2.42. The lowest BCUT2D eigenvalue weighted by atomic mass is 10.2. The summed E-state index contributed by atoms with van der Waals surface area (Å²) in [6, 6.07) is 10.4. The molecule has 2 N–H and O–H groups in total. The van der Waals surface area contributed by atoms with Crippen molar-refractivity contribution in [2.45, 2.75) is 6.10 Å². The Labute approximate surface area is 152 Å². The van der Waals surface area contributed by atoms with Crippen LogP contribution in [-0.4, -0.2) is 37.0 Å². The van der Waals surface area contributed by atoms with E-state index >= 15 is 0 Å². The summed E-state index contributed by atoms with van der Waals surface area (Å²) in [6.45, 7) is 0.108. The number of para-hydroxylation sites is 2. The molecule has 1 heterocycles. The molecule has 0 spiro atoms. The molecule has 0 radical (unpaired) electrons. The maximum atomic E-state index is 12.1. The van der Waals surface area contributed by atoms with E-state index in [1.807, 2.05) is 6.07 Å². The highest BCUT2D eigenvalue weighted by atomic mass is 79.9. The van der Waals surface area contributed by atoms with Crippen LogP contribution in [-0.2, 0) is 4.79 Å². The minimum atomic E-state index is -0.784. The van der Waals surface area contributed by atoms with Gasteiger partial charge < -0.3 is 19.3 Å². The molecule has 1 aliphatic heterocycles. The van der Waals surface area contributed by atoms with Crippen molar-refractivity contribution in [3.05, 3.63) is 46.4 Å². The molecule has 0 saturated heterocycles. The van der Waals surface area contributed by atoms with Gasteiger partial charge in [0.15, 0.2) is 23.0 Å². The number of methoxy groups -OCH3 is 1. The molecule has 1 amide bonds. The number of carbonyl (C=O) groups is 1.